The molecule has 0 spiro atoms. The lowest BCUT2D eigenvalue weighted by atomic mass is 9.71. The van der Waals surface area contributed by atoms with Crippen molar-refractivity contribution in [1.29, 1.82) is 0 Å². The van der Waals surface area contributed by atoms with E-state index in [4.69, 9.17) is 0 Å². The molecule has 21 heavy (non-hydrogen) atoms. The first kappa shape index (κ1) is 16.5. The summed E-state index contributed by atoms with van der Waals surface area (Å²) in [6, 6.07) is 6.57. The summed E-state index contributed by atoms with van der Waals surface area (Å²) in [6.07, 6.45) is 5.20. The van der Waals surface area contributed by atoms with Crippen molar-refractivity contribution in [3.8, 4) is 0 Å². The van der Waals surface area contributed by atoms with E-state index in [0.717, 1.165) is 19.3 Å². The van der Waals surface area contributed by atoms with Gasteiger partial charge < -0.3 is 10.0 Å². The molecule has 2 rings (SSSR count). The van der Waals surface area contributed by atoms with Gasteiger partial charge in [0, 0.05) is 12.0 Å². The zero-order valence-corrected chi connectivity index (χ0v) is 14.3. The molecular formula is C19H31NO. The summed E-state index contributed by atoms with van der Waals surface area (Å²) in [5.41, 5.74) is 3.83. The smallest absolute Gasteiger partial charge is 0.0763 e. The van der Waals surface area contributed by atoms with E-state index in [1.807, 2.05) is 0 Å². The molecule has 1 aromatic rings. The minimum Gasteiger partial charge on any atom is -0.391 e. The predicted octanol–water partition coefficient (Wildman–Crippen LogP) is 3.72. The molecule has 1 aliphatic carbocycles. The van der Waals surface area contributed by atoms with Crippen LogP contribution in [0.4, 0.5) is 0 Å². The molecular weight excluding hydrogens is 258 g/mol. The number of hydrogen-bond donors (Lipinski definition) is 1. The summed E-state index contributed by atoms with van der Waals surface area (Å²) in [5, 5.41) is 11.0. The Hall–Kier alpha value is -0.860. The summed E-state index contributed by atoms with van der Waals surface area (Å²) >= 11 is 0. The molecule has 0 bridgehead atoms. The molecule has 1 fully saturated rings. The van der Waals surface area contributed by atoms with Gasteiger partial charge >= 0.3 is 0 Å². The lowest BCUT2D eigenvalue weighted by Gasteiger charge is -2.48. The van der Waals surface area contributed by atoms with E-state index in [-0.39, 0.29) is 11.6 Å². The molecule has 2 nitrogen and oxygen atoms in total. The van der Waals surface area contributed by atoms with Gasteiger partial charge in [-0.05, 0) is 63.4 Å². The van der Waals surface area contributed by atoms with E-state index >= 15 is 0 Å². The third-order valence-electron chi connectivity index (χ3n) is 5.52. The van der Waals surface area contributed by atoms with Crippen LogP contribution in [-0.4, -0.2) is 35.7 Å². The fourth-order valence-electron chi connectivity index (χ4n) is 3.91. The Morgan fingerprint density at radius 2 is 2.00 bits per heavy atom. The maximum Gasteiger partial charge on any atom is 0.0763 e. The quantitative estimate of drug-likeness (QED) is 0.913. The number of aliphatic hydroxyl groups is 1. The standard InChI is InChI=1S/C19H31NO/c1-14-7-6-10-19(13-14,20(4)5)18(21)12-17-9-8-15(2)16(3)11-17/h8-9,11,14,18,21H,6-7,10,12-13H2,1-5H3. The molecule has 0 amide bonds. The number of aryl methyl sites for hydroxylation is 2. The maximum absolute atomic E-state index is 11.0. The highest BCUT2D eigenvalue weighted by Gasteiger charge is 2.42. The second-order valence-electron chi connectivity index (χ2n) is 7.34. The summed E-state index contributed by atoms with van der Waals surface area (Å²) < 4.78 is 0. The first-order valence-corrected chi connectivity index (χ1v) is 8.27. The first-order valence-electron chi connectivity index (χ1n) is 8.27. The summed E-state index contributed by atoms with van der Waals surface area (Å²) in [4.78, 5) is 2.27. The predicted molar refractivity (Wildman–Crippen MR) is 89.7 cm³/mol. The Labute approximate surface area is 130 Å². The molecule has 1 aliphatic rings. The van der Waals surface area contributed by atoms with Gasteiger partial charge in [0.25, 0.3) is 0 Å². The van der Waals surface area contributed by atoms with Crippen molar-refractivity contribution in [2.75, 3.05) is 14.1 Å². The minimum absolute atomic E-state index is 0.0591. The van der Waals surface area contributed by atoms with Crippen LogP contribution in [0, 0.1) is 19.8 Å². The Bertz CT molecular complexity index is 482. The van der Waals surface area contributed by atoms with Crippen LogP contribution in [0.25, 0.3) is 0 Å². The minimum atomic E-state index is -0.294. The largest absolute Gasteiger partial charge is 0.391 e. The number of rotatable bonds is 4. The van der Waals surface area contributed by atoms with Crippen LogP contribution in [0.15, 0.2) is 18.2 Å². The Balaban J connectivity index is 2.18. The van der Waals surface area contributed by atoms with Crippen LogP contribution in [0.5, 0.6) is 0 Å². The van der Waals surface area contributed by atoms with Crippen LogP contribution in [0.3, 0.4) is 0 Å². The third-order valence-corrected chi connectivity index (χ3v) is 5.52. The molecule has 3 atom stereocenters. The highest BCUT2D eigenvalue weighted by atomic mass is 16.3. The zero-order chi connectivity index (χ0) is 15.6. The van der Waals surface area contributed by atoms with Crippen LogP contribution in [-0.2, 0) is 6.42 Å². The van der Waals surface area contributed by atoms with Gasteiger partial charge in [-0.25, -0.2) is 0 Å². The van der Waals surface area contributed by atoms with Gasteiger partial charge in [0.15, 0.2) is 0 Å². The lowest BCUT2D eigenvalue weighted by molar-refractivity contribution is -0.0424. The number of aliphatic hydroxyl groups excluding tert-OH is 1. The van der Waals surface area contributed by atoms with Crippen molar-refractivity contribution in [2.24, 2.45) is 5.92 Å². The molecule has 1 N–H and O–H groups in total. The number of nitrogens with zero attached hydrogens (tertiary/aromatic N) is 1. The third kappa shape index (κ3) is 3.49. The van der Waals surface area contributed by atoms with Crippen LogP contribution in [0.1, 0.15) is 49.3 Å². The van der Waals surface area contributed by atoms with Gasteiger partial charge in [-0.15, -0.1) is 0 Å². The molecule has 1 aromatic carbocycles. The molecule has 3 unspecified atom stereocenters. The Morgan fingerprint density at radius 1 is 1.29 bits per heavy atom. The maximum atomic E-state index is 11.0. The van der Waals surface area contributed by atoms with E-state index in [9.17, 15) is 5.11 Å². The summed E-state index contributed by atoms with van der Waals surface area (Å²) in [5.74, 6) is 0.704. The van der Waals surface area contributed by atoms with Gasteiger partial charge in [0.05, 0.1) is 6.10 Å². The van der Waals surface area contributed by atoms with Crippen molar-refractivity contribution >= 4 is 0 Å². The molecule has 0 aliphatic heterocycles. The second kappa shape index (κ2) is 6.50. The Kier molecular flexibility index (Phi) is 5.11. The van der Waals surface area contributed by atoms with E-state index in [1.54, 1.807) is 0 Å². The van der Waals surface area contributed by atoms with Crippen LogP contribution < -0.4 is 0 Å². The van der Waals surface area contributed by atoms with Crippen molar-refractivity contribution in [1.82, 2.24) is 4.90 Å². The average Bonchev–Trinajstić information content (AvgIpc) is 2.42. The fraction of sp³-hybridized carbons (Fsp3) is 0.684. The van der Waals surface area contributed by atoms with Gasteiger partial charge in [0.2, 0.25) is 0 Å². The van der Waals surface area contributed by atoms with Gasteiger partial charge in [-0.3, -0.25) is 0 Å². The van der Waals surface area contributed by atoms with Gasteiger partial charge in [-0.2, -0.15) is 0 Å². The zero-order valence-electron chi connectivity index (χ0n) is 14.3. The summed E-state index contributed by atoms with van der Waals surface area (Å²) in [6.45, 7) is 6.61. The molecule has 0 radical (unpaired) electrons. The lowest BCUT2D eigenvalue weighted by Crippen LogP contribution is -2.56. The topological polar surface area (TPSA) is 23.5 Å². The van der Waals surface area contributed by atoms with Crippen LogP contribution >= 0.6 is 0 Å². The second-order valence-corrected chi connectivity index (χ2v) is 7.34. The monoisotopic (exact) mass is 289 g/mol. The number of likely N-dealkylation sites (N-methyl/N-ethyl adjacent to an activating group) is 1. The van der Waals surface area contributed by atoms with Crippen molar-refractivity contribution in [3.05, 3.63) is 34.9 Å². The van der Waals surface area contributed by atoms with Crippen molar-refractivity contribution in [2.45, 2.75) is 64.5 Å². The highest BCUT2D eigenvalue weighted by Crippen LogP contribution is 2.39. The van der Waals surface area contributed by atoms with Gasteiger partial charge in [0.1, 0.15) is 0 Å². The van der Waals surface area contributed by atoms with Gasteiger partial charge in [-0.1, -0.05) is 38.0 Å². The van der Waals surface area contributed by atoms with E-state index in [2.05, 4.69) is 58.0 Å². The van der Waals surface area contributed by atoms with Crippen molar-refractivity contribution < 1.29 is 5.11 Å². The first-order chi connectivity index (χ1) is 9.85. The van der Waals surface area contributed by atoms with Crippen molar-refractivity contribution in [3.63, 3.8) is 0 Å². The molecule has 2 heteroatoms. The van der Waals surface area contributed by atoms with E-state index in [0.29, 0.717) is 5.92 Å². The normalized spacial score (nSPS) is 27.9. The molecule has 1 saturated carbocycles. The number of hydrogen-bond acceptors (Lipinski definition) is 2. The number of benzene rings is 1. The summed E-state index contributed by atoms with van der Waals surface area (Å²) in [7, 11) is 4.25. The van der Waals surface area contributed by atoms with Crippen LogP contribution in [0.2, 0.25) is 0 Å². The molecule has 0 heterocycles. The highest BCUT2D eigenvalue weighted by molar-refractivity contribution is 5.30. The fourth-order valence-corrected chi connectivity index (χ4v) is 3.91. The average molecular weight is 289 g/mol. The van der Waals surface area contributed by atoms with E-state index < -0.39 is 0 Å². The molecule has 0 aromatic heterocycles. The SMILES string of the molecule is Cc1ccc(CC(O)C2(N(C)C)CCCC(C)C2)cc1C. The van der Waals surface area contributed by atoms with E-state index in [1.165, 1.54) is 29.5 Å². The molecule has 118 valence electrons. The Morgan fingerprint density at radius 3 is 2.57 bits per heavy atom. The molecule has 0 saturated heterocycles.